The van der Waals surface area contributed by atoms with Crippen LogP contribution in [0.4, 0.5) is 0 Å². The third-order valence-electron chi connectivity index (χ3n) is 0.518. The van der Waals surface area contributed by atoms with Crippen LogP contribution in [0.15, 0.2) is 0 Å². The molecule has 3 nitrogen and oxygen atoms in total. The summed E-state index contributed by atoms with van der Waals surface area (Å²) in [7, 11) is 0. The van der Waals surface area contributed by atoms with Gasteiger partial charge in [-0.2, -0.15) is 0 Å². The Morgan fingerprint density at radius 2 is 2.38 bits per heavy atom. The molecule has 0 bridgehead atoms. The number of hydrogen-bond acceptors (Lipinski definition) is 2. The molecule has 44 valence electrons. The fourth-order valence-electron chi connectivity index (χ4n) is 0.248. The predicted molar refractivity (Wildman–Crippen MR) is 28.9 cm³/mol. The van der Waals surface area contributed by atoms with Gasteiger partial charge in [0.2, 0.25) is 5.91 Å². The Kier molecular flexibility index (Phi) is 9.59. The maximum atomic E-state index is 10.0. The third-order valence-corrected chi connectivity index (χ3v) is 0.518. The van der Waals surface area contributed by atoms with E-state index in [0.717, 1.165) is 0 Å². The minimum Gasteiger partial charge on any atom is -1.00 e. The summed E-state index contributed by atoms with van der Waals surface area (Å²) < 4.78 is 0. The topological polar surface area (TPSA) is 55.1 Å². The molecule has 0 unspecified atom stereocenters. The van der Waals surface area contributed by atoms with Crippen LogP contribution < -0.4 is 29.9 Å². The first kappa shape index (κ1) is 10.9. The van der Waals surface area contributed by atoms with Crippen molar-refractivity contribution < 1.29 is 25.1 Å². The van der Waals surface area contributed by atoms with Crippen LogP contribution >= 0.6 is 0 Å². The predicted octanol–water partition coefficient (Wildman–Crippen LogP) is -3.80. The normalized spacial score (nSPS) is 7.25. The Hall–Kier alpha value is 0.0274. The Morgan fingerprint density at radius 3 is 2.50 bits per heavy atom. The van der Waals surface area contributed by atoms with Gasteiger partial charge in [0, 0.05) is 20.0 Å². The average Bonchev–Trinajstić information content (AvgIpc) is 1.61. The van der Waals surface area contributed by atoms with Crippen LogP contribution in [0.5, 0.6) is 0 Å². The molecule has 0 aromatic rings. The molecule has 0 aliphatic heterocycles. The summed E-state index contributed by atoms with van der Waals surface area (Å²) in [5.74, 6) is -0.0227. The maximum absolute atomic E-state index is 10.0. The maximum Gasteiger partial charge on any atom is 1.00 e. The van der Waals surface area contributed by atoms with Gasteiger partial charge in [-0.1, -0.05) is 0 Å². The standard InChI is InChI=1S/C4H10N2O.Li.H/c1-4(7)6-3-2-5;;/h2-3,5H2,1H3,(H,6,7);;/q;+1;-1. The smallest absolute Gasteiger partial charge is 1.00 e. The molecule has 3 N–H and O–H groups in total. The van der Waals surface area contributed by atoms with E-state index in [-0.39, 0.29) is 26.2 Å². The summed E-state index contributed by atoms with van der Waals surface area (Å²) in [6.07, 6.45) is 0. The second-order valence-electron chi connectivity index (χ2n) is 1.27. The first-order valence-electron chi connectivity index (χ1n) is 2.22. The molecule has 0 saturated heterocycles. The number of amides is 1. The van der Waals surface area contributed by atoms with Gasteiger partial charge in [0.15, 0.2) is 0 Å². The molecule has 4 heteroatoms. The van der Waals surface area contributed by atoms with Crippen molar-refractivity contribution in [1.29, 1.82) is 0 Å². The van der Waals surface area contributed by atoms with Crippen LogP contribution in [0.2, 0.25) is 0 Å². The van der Waals surface area contributed by atoms with E-state index in [1.165, 1.54) is 6.92 Å². The average molecular weight is 110 g/mol. The molecule has 0 saturated carbocycles. The van der Waals surface area contributed by atoms with Gasteiger partial charge in [-0.15, -0.1) is 0 Å². The molecule has 0 rings (SSSR count). The summed E-state index contributed by atoms with van der Waals surface area (Å²) in [6.45, 7) is 2.56. The van der Waals surface area contributed by atoms with Crippen molar-refractivity contribution in [2.45, 2.75) is 6.92 Å². The molecule has 0 aliphatic carbocycles. The zero-order chi connectivity index (χ0) is 5.70. The quantitative estimate of drug-likeness (QED) is 0.358. The molecule has 0 atom stereocenters. The molecule has 8 heavy (non-hydrogen) atoms. The Labute approximate surface area is 62.7 Å². The zero-order valence-corrected chi connectivity index (χ0v) is 5.40. The van der Waals surface area contributed by atoms with Gasteiger partial charge in [-0.25, -0.2) is 0 Å². The van der Waals surface area contributed by atoms with E-state index in [1.807, 2.05) is 0 Å². The van der Waals surface area contributed by atoms with E-state index in [1.54, 1.807) is 0 Å². The van der Waals surface area contributed by atoms with Crippen LogP contribution in [0, 0.1) is 0 Å². The number of nitrogens with one attached hydrogen (secondary N) is 1. The Bertz CT molecular complexity index is 71.6. The minimum absolute atomic E-state index is 0. The number of rotatable bonds is 2. The first-order chi connectivity index (χ1) is 3.27. The van der Waals surface area contributed by atoms with Gasteiger partial charge in [-0.05, 0) is 0 Å². The van der Waals surface area contributed by atoms with Crippen LogP contribution in [0.3, 0.4) is 0 Å². The van der Waals surface area contributed by atoms with Crippen molar-refractivity contribution in [3.05, 3.63) is 0 Å². The third kappa shape index (κ3) is 9.39. The Morgan fingerprint density at radius 1 is 1.88 bits per heavy atom. The molecule has 0 aromatic heterocycles. The molecule has 0 aromatic carbocycles. The molecule has 0 radical (unpaired) electrons. The fourth-order valence-corrected chi connectivity index (χ4v) is 0.248. The molecular weight excluding hydrogens is 99.0 g/mol. The van der Waals surface area contributed by atoms with Crippen molar-refractivity contribution in [1.82, 2.24) is 5.32 Å². The second-order valence-corrected chi connectivity index (χ2v) is 1.27. The van der Waals surface area contributed by atoms with Gasteiger partial charge in [0.05, 0.1) is 0 Å². The fraction of sp³-hybridized carbons (Fsp3) is 0.750. The van der Waals surface area contributed by atoms with Gasteiger partial charge in [-0.3, -0.25) is 4.79 Å². The van der Waals surface area contributed by atoms with E-state index in [4.69, 9.17) is 5.73 Å². The van der Waals surface area contributed by atoms with E-state index < -0.39 is 0 Å². The number of hydrogen-bond donors (Lipinski definition) is 2. The van der Waals surface area contributed by atoms with Crippen molar-refractivity contribution in [3.63, 3.8) is 0 Å². The molecule has 0 spiro atoms. The second kappa shape index (κ2) is 7.03. The SMILES string of the molecule is CC(=O)NCCN.[H-].[Li+]. The van der Waals surface area contributed by atoms with Crippen molar-refractivity contribution in [2.75, 3.05) is 13.1 Å². The van der Waals surface area contributed by atoms with Gasteiger partial charge < -0.3 is 12.5 Å². The largest absolute Gasteiger partial charge is 1.00 e. The van der Waals surface area contributed by atoms with E-state index in [0.29, 0.717) is 13.1 Å². The molecule has 0 fully saturated rings. The van der Waals surface area contributed by atoms with Crippen LogP contribution in [-0.2, 0) is 4.79 Å². The summed E-state index contributed by atoms with van der Waals surface area (Å²) >= 11 is 0. The molecule has 1 amide bonds. The molecular formula is C4H11LiN2O. The van der Waals surface area contributed by atoms with E-state index in [9.17, 15) is 4.79 Å². The monoisotopic (exact) mass is 110 g/mol. The van der Waals surface area contributed by atoms with Crippen molar-refractivity contribution in [2.24, 2.45) is 5.73 Å². The number of carbonyl (C=O) groups is 1. The molecule has 0 heterocycles. The van der Waals surface area contributed by atoms with Crippen molar-refractivity contribution >= 4 is 5.91 Å². The number of nitrogens with two attached hydrogens (primary N) is 1. The summed E-state index contributed by atoms with van der Waals surface area (Å²) in [6, 6.07) is 0. The van der Waals surface area contributed by atoms with Crippen LogP contribution in [-0.4, -0.2) is 19.0 Å². The van der Waals surface area contributed by atoms with Gasteiger partial charge >= 0.3 is 18.9 Å². The molecule has 0 aliphatic rings. The summed E-state index contributed by atoms with van der Waals surface area (Å²) in [5.41, 5.74) is 5.06. The van der Waals surface area contributed by atoms with Gasteiger partial charge in [0.1, 0.15) is 0 Å². The van der Waals surface area contributed by atoms with Crippen LogP contribution in [0.1, 0.15) is 8.35 Å². The summed E-state index contributed by atoms with van der Waals surface area (Å²) in [4.78, 5) is 10.0. The van der Waals surface area contributed by atoms with Crippen molar-refractivity contribution in [3.8, 4) is 0 Å². The first-order valence-corrected chi connectivity index (χ1v) is 2.22. The Balaban J connectivity index is -0.000000180. The van der Waals surface area contributed by atoms with E-state index in [2.05, 4.69) is 5.32 Å². The summed E-state index contributed by atoms with van der Waals surface area (Å²) in [5, 5.41) is 2.53. The van der Waals surface area contributed by atoms with Gasteiger partial charge in [0.25, 0.3) is 0 Å². The zero-order valence-electron chi connectivity index (χ0n) is 6.40. The number of carbonyl (C=O) groups excluding carboxylic acids is 1. The van der Waals surface area contributed by atoms with Crippen LogP contribution in [0.25, 0.3) is 0 Å². The minimum atomic E-state index is -0.0227. The van der Waals surface area contributed by atoms with E-state index >= 15 is 0 Å².